The molecule has 0 aliphatic carbocycles. The van der Waals surface area contributed by atoms with Crippen LogP contribution in [0.5, 0.6) is 11.5 Å². The molecule has 2 aromatic carbocycles. The van der Waals surface area contributed by atoms with Crippen LogP contribution in [-0.2, 0) is 32.6 Å². The predicted molar refractivity (Wildman–Crippen MR) is 119 cm³/mol. The standard InChI is InChI=1S/C24H27F2NO6S/c1-3-31-21-11-17-10-15(2)33-22(17)12-18(21)14-32-24(28)16-6-8-27(9-7-16)34(29,30)23-5-4-19(25)13-20(23)26/h4-5,11-13,15-16H,3,6-10,14H2,1-2H3/t15-/m0/s1. The van der Waals surface area contributed by atoms with Gasteiger partial charge in [-0.2, -0.15) is 4.31 Å². The van der Waals surface area contributed by atoms with Gasteiger partial charge in [0.25, 0.3) is 0 Å². The number of rotatable bonds is 7. The maximum Gasteiger partial charge on any atom is 0.309 e. The molecule has 0 bridgehead atoms. The summed E-state index contributed by atoms with van der Waals surface area (Å²) in [4.78, 5) is 12.1. The average Bonchev–Trinajstić information content (AvgIpc) is 3.16. The van der Waals surface area contributed by atoms with Crippen molar-refractivity contribution in [1.29, 1.82) is 0 Å². The Labute approximate surface area is 197 Å². The van der Waals surface area contributed by atoms with E-state index in [1.165, 1.54) is 0 Å². The smallest absolute Gasteiger partial charge is 0.309 e. The molecule has 0 radical (unpaired) electrons. The maximum absolute atomic E-state index is 14.0. The molecule has 1 atom stereocenters. The lowest BCUT2D eigenvalue weighted by molar-refractivity contribution is -0.151. The Morgan fingerprint density at radius 2 is 1.91 bits per heavy atom. The van der Waals surface area contributed by atoms with E-state index in [1.807, 2.05) is 26.0 Å². The lowest BCUT2D eigenvalue weighted by atomic mass is 9.98. The van der Waals surface area contributed by atoms with Crippen molar-refractivity contribution in [2.24, 2.45) is 5.92 Å². The van der Waals surface area contributed by atoms with Gasteiger partial charge in [-0.1, -0.05) is 0 Å². The molecule has 2 aromatic rings. The summed E-state index contributed by atoms with van der Waals surface area (Å²) >= 11 is 0. The molecule has 7 nitrogen and oxygen atoms in total. The molecular formula is C24H27F2NO6S. The van der Waals surface area contributed by atoms with Crippen molar-refractivity contribution in [1.82, 2.24) is 4.31 Å². The molecule has 2 aliphatic heterocycles. The van der Waals surface area contributed by atoms with Crippen molar-refractivity contribution in [2.45, 2.75) is 50.7 Å². The highest BCUT2D eigenvalue weighted by Gasteiger charge is 2.34. The summed E-state index contributed by atoms with van der Waals surface area (Å²) in [7, 11) is -4.13. The van der Waals surface area contributed by atoms with Crippen LogP contribution >= 0.6 is 0 Å². The molecule has 2 heterocycles. The van der Waals surface area contributed by atoms with Crippen molar-refractivity contribution in [3.8, 4) is 11.5 Å². The maximum atomic E-state index is 14.0. The van der Waals surface area contributed by atoms with Gasteiger partial charge in [-0.15, -0.1) is 0 Å². The summed E-state index contributed by atoms with van der Waals surface area (Å²) in [6, 6.07) is 6.11. The van der Waals surface area contributed by atoms with Gasteiger partial charge in [-0.3, -0.25) is 4.79 Å². The highest BCUT2D eigenvalue weighted by atomic mass is 32.2. The fourth-order valence-corrected chi connectivity index (χ4v) is 5.82. The number of nitrogens with zero attached hydrogens (tertiary/aromatic N) is 1. The fraction of sp³-hybridized carbons (Fsp3) is 0.458. The van der Waals surface area contributed by atoms with Gasteiger partial charge in [0.2, 0.25) is 10.0 Å². The van der Waals surface area contributed by atoms with E-state index in [4.69, 9.17) is 14.2 Å². The number of carbonyl (C=O) groups excluding carboxylic acids is 1. The molecule has 1 saturated heterocycles. The highest BCUT2D eigenvalue weighted by molar-refractivity contribution is 7.89. The number of fused-ring (bicyclic) bond motifs is 1. The lowest BCUT2D eigenvalue weighted by Crippen LogP contribution is -2.40. The Hall–Kier alpha value is -2.72. The van der Waals surface area contributed by atoms with Crippen molar-refractivity contribution < 1.29 is 36.2 Å². The van der Waals surface area contributed by atoms with Gasteiger partial charge in [-0.05, 0) is 51.0 Å². The van der Waals surface area contributed by atoms with Crippen LogP contribution < -0.4 is 9.47 Å². The summed E-state index contributed by atoms with van der Waals surface area (Å²) in [5.74, 6) is -1.50. The van der Waals surface area contributed by atoms with Gasteiger partial charge in [0.15, 0.2) is 0 Å². The molecule has 0 saturated carbocycles. The average molecular weight is 496 g/mol. The number of hydrogen-bond donors (Lipinski definition) is 0. The second-order valence-electron chi connectivity index (χ2n) is 8.49. The topological polar surface area (TPSA) is 82.1 Å². The third kappa shape index (κ3) is 5.02. The summed E-state index contributed by atoms with van der Waals surface area (Å²) in [5, 5.41) is 0. The Morgan fingerprint density at radius 1 is 1.18 bits per heavy atom. The first-order valence-electron chi connectivity index (χ1n) is 11.3. The first-order chi connectivity index (χ1) is 16.2. The summed E-state index contributed by atoms with van der Waals surface area (Å²) in [6.07, 6.45) is 1.35. The van der Waals surface area contributed by atoms with Gasteiger partial charge >= 0.3 is 5.97 Å². The molecule has 184 valence electrons. The molecule has 4 rings (SSSR count). The normalized spacial score (nSPS) is 18.9. The van der Waals surface area contributed by atoms with Crippen molar-refractivity contribution in [3.05, 3.63) is 53.1 Å². The van der Waals surface area contributed by atoms with E-state index in [-0.39, 0.29) is 38.6 Å². The quantitative estimate of drug-likeness (QED) is 0.543. The van der Waals surface area contributed by atoms with Crippen molar-refractivity contribution >= 4 is 16.0 Å². The minimum absolute atomic E-state index is 0.0124. The number of ether oxygens (including phenoxy) is 3. The summed E-state index contributed by atoms with van der Waals surface area (Å²) < 4.78 is 70.8. The highest BCUT2D eigenvalue weighted by Crippen LogP contribution is 2.36. The second-order valence-corrected chi connectivity index (χ2v) is 10.4. The van der Waals surface area contributed by atoms with Gasteiger partial charge in [0.1, 0.15) is 40.7 Å². The molecule has 0 spiro atoms. The van der Waals surface area contributed by atoms with E-state index in [9.17, 15) is 22.0 Å². The molecule has 34 heavy (non-hydrogen) atoms. The number of carbonyl (C=O) groups is 1. The molecule has 10 heteroatoms. The van der Waals surface area contributed by atoms with Crippen LogP contribution in [0, 0.1) is 17.6 Å². The van der Waals surface area contributed by atoms with E-state index >= 15 is 0 Å². The SMILES string of the molecule is CCOc1cc2c(cc1COC(=O)C1CCN(S(=O)(=O)c3ccc(F)cc3F)CC1)O[C@@H](C)C2. The number of sulfonamides is 1. The van der Waals surface area contributed by atoms with Gasteiger partial charge in [0.05, 0.1) is 12.5 Å². The van der Waals surface area contributed by atoms with Crippen molar-refractivity contribution in [2.75, 3.05) is 19.7 Å². The van der Waals surface area contributed by atoms with E-state index in [0.29, 0.717) is 24.0 Å². The third-order valence-electron chi connectivity index (χ3n) is 6.05. The number of halogens is 2. The molecule has 0 N–H and O–H groups in total. The van der Waals surface area contributed by atoms with E-state index < -0.39 is 38.4 Å². The predicted octanol–water partition coefficient (Wildman–Crippen LogP) is 3.83. The monoisotopic (exact) mass is 495 g/mol. The van der Waals surface area contributed by atoms with Crippen LogP contribution in [0.4, 0.5) is 8.78 Å². The number of benzene rings is 2. The van der Waals surface area contributed by atoms with Crippen molar-refractivity contribution in [3.63, 3.8) is 0 Å². The third-order valence-corrected chi connectivity index (χ3v) is 7.98. The lowest BCUT2D eigenvalue weighted by Gasteiger charge is -2.30. The zero-order chi connectivity index (χ0) is 24.5. The van der Waals surface area contributed by atoms with Gasteiger partial charge in [0, 0.05) is 36.7 Å². The summed E-state index contributed by atoms with van der Waals surface area (Å²) in [6.45, 7) is 4.41. The largest absolute Gasteiger partial charge is 0.493 e. The molecular weight excluding hydrogens is 468 g/mol. The van der Waals surface area contributed by atoms with Crippen LogP contribution in [0.3, 0.4) is 0 Å². The molecule has 2 aliphatic rings. The van der Waals surface area contributed by atoms with E-state index in [0.717, 1.165) is 34.2 Å². The molecule has 0 aromatic heterocycles. The molecule has 1 fully saturated rings. The first-order valence-corrected chi connectivity index (χ1v) is 12.7. The van der Waals surface area contributed by atoms with Crippen LogP contribution in [0.1, 0.15) is 37.8 Å². The minimum atomic E-state index is -4.13. The number of esters is 1. The van der Waals surface area contributed by atoms with E-state index in [2.05, 4.69) is 0 Å². The zero-order valence-electron chi connectivity index (χ0n) is 19.1. The molecule has 0 amide bonds. The fourth-order valence-electron chi connectivity index (χ4n) is 4.31. The number of hydrogen-bond acceptors (Lipinski definition) is 6. The van der Waals surface area contributed by atoms with Gasteiger partial charge < -0.3 is 14.2 Å². The summed E-state index contributed by atoms with van der Waals surface area (Å²) in [5.41, 5.74) is 1.76. The van der Waals surface area contributed by atoms with Crippen LogP contribution in [0.25, 0.3) is 0 Å². The van der Waals surface area contributed by atoms with Gasteiger partial charge in [-0.25, -0.2) is 17.2 Å². The Bertz CT molecular complexity index is 1180. The van der Waals surface area contributed by atoms with E-state index in [1.54, 1.807) is 0 Å². The minimum Gasteiger partial charge on any atom is -0.493 e. The van der Waals surface area contributed by atoms with Crippen LogP contribution in [0.2, 0.25) is 0 Å². The zero-order valence-corrected chi connectivity index (χ0v) is 19.9. The molecule has 0 unspecified atom stereocenters. The second kappa shape index (κ2) is 9.87. The van der Waals surface area contributed by atoms with Crippen LogP contribution in [0.15, 0.2) is 35.2 Å². The number of piperidine rings is 1. The first kappa shape index (κ1) is 24.4. The Morgan fingerprint density at radius 3 is 2.59 bits per heavy atom. The Balaban J connectivity index is 1.37. The van der Waals surface area contributed by atoms with Crippen LogP contribution in [-0.4, -0.2) is 44.5 Å². The Kier molecular flexibility index (Phi) is 7.09.